The van der Waals surface area contributed by atoms with Crippen molar-refractivity contribution in [2.45, 2.75) is 38.0 Å². The van der Waals surface area contributed by atoms with E-state index in [0.29, 0.717) is 49.4 Å². The van der Waals surface area contributed by atoms with Gasteiger partial charge in [0.1, 0.15) is 5.78 Å². The first kappa shape index (κ1) is 24.9. The normalized spacial score (nSPS) is 19.5. The lowest BCUT2D eigenvalue weighted by Gasteiger charge is -2.31. The Hall–Kier alpha value is -4.10. The highest BCUT2D eigenvalue weighted by Crippen LogP contribution is 2.40. The highest BCUT2D eigenvalue weighted by Gasteiger charge is 2.28. The number of morpholine rings is 1. The van der Waals surface area contributed by atoms with E-state index in [-0.39, 0.29) is 11.7 Å². The van der Waals surface area contributed by atoms with Gasteiger partial charge in [0.25, 0.3) is 5.89 Å². The number of carbonyl (C=O) groups excluding carboxylic acids is 1. The second kappa shape index (κ2) is 10.8. The van der Waals surface area contributed by atoms with Crippen molar-refractivity contribution in [1.29, 1.82) is 0 Å². The predicted octanol–water partition coefficient (Wildman–Crippen LogP) is 5.65. The van der Waals surface area contributed by atoms with Crippen molar-refractivity contribution < 1.29 is 13.9 Å². The summed E-state index contributed by atoms with van der Waals surface area (Å²) in [5.74, 6) is 1.20. The molecule has 0 spiro atoms. The highest BCUT2D eigenvalue weighted by molar-refractivity contribution is 5.94. The number of carbonyl (C=O) groups is 1. The second-order valence-electron chi connectivity index (χ2n) is 10.9. The molecule has 0 unspecified atom stereocenters. The molecule has 0 amide bonds. The number of anilines is 1. The zero-order valence-corrected chi connectivity index (χ0v) is 22.5. The maximum absolute atomic E-state index is 13.5. The van der Waals surface area contributed by atoms with Crippen molar-refractivity contribution in [1.82, 2.24) is 15.2 Å². The molecule has 3 heterocycles. The van der Waals surface area contributed by atoms with Crippen LogP contribution in [0.15, 0.2) is 77.4 Å². The van der Waals surface area contributed by atoms with E-state index in [1.165, 1.54) is 24.8 Å². The van der Waals surface area contributed by atoms with E-state index in [9.17, 15) is 4.79 Å². The topological polar surface area (TPSA) is 81.4 Å². The molecule has 1 aliphatic heterocycles. The standard InChI is InChI=1S/C33H32N4O3/c38-30-19-24-9-4-5-12-27(24)28(23-7-2-1-3-8-23)17-25(30)20-31-35-36-33(40-31)32-29(37-13-15-39-16-14-37)18-26(21-34-32)22-10-6-11-22/h1-5,7-9,12,17-18,21-22,25H,6,10-11,13-16,19-20H2/t25-/m1/s1. The summed E-state index contributed by atoms with van der Waals surface area (Å²) in [6, 6.07) is 20.7. The average Bonchev–Trinajstić information content (AvgIpc) is 3.38. The van der Waals surface area contributed by atoms with Crippen LogP contribution < -0.4 is 4.90 Å². The molecular weight excluding hydrogens is 500 g/mol. The van der Waals surface area contributed by atoms with E-state index in [4.69, 9.17) is 14.1 Å². The molecule has 7 rings (SSSR count). The van der Waals surface area contributed by atoms with Gasteiger partial charge in [-0.2, -0.15) is 0 Å². The number of allylic oxidation sites excluding steroid dienone is 1. The molecule has 4 aromatic rings. The third-order valence-corrected chi connectivity index (χ3v) is 8.42. The maximum Gasteiger partial charge on any atom is 0.268 e. The number of pyridine rings is 1. The lowest BCUT2D eigenvalue weighted by atomic mass is 9.80. The molecule has 1 saturated carbocycles. The van der Waals surface area contributed by atoms with Crippen LogP contribution in [0, 0.1) is 5.92 Å². The first-order valence-corrected chi connectivity index (χ1v) is 14.3. The van der Waals surface area contributed by atoms with Gasteiger partial charge in [0.05, 0.1) is 18.9 Å². The molecule has 1 saturated heterocycles. The minimum Gasteiger partial charge on any atom is -0.419 e. The number of hydrogen-bond donors (Lipinski definition) is 0. The van der Waals surface area contributed by atoms with Crippen LogP contribution in [0.1, 0.15) is 53.3 Å². The van der Waals surface area contributed by atoms with Gasteiger partial charge in [0, 0.05) is 38.0 Å². The van der Waals surface area contributed by atoms with Gasteiger partial charge in [-0.05, 0) is 52.7 Å². The van der Waals surface area contributed by atoms with Crippen LogP contribution >= 0.6 is 0 Å². The van der Waals surface area contributed by atoms with Gasteiger partial charge < -0.3 is 14.1 Å². The number of ether oxygens (including phenoxy) is 1. The van der Waals surface area contributed by atoms with Crippen molar-refractivity contribution >= 4 is 17.0 Å². The van der Waals surface area contributed by atoms with E-state index < -0.39 is 0 Å². The van der Waals surface area contributed by atoms with E-state index in [0.717, 1.165) is 41.0 Å². The molecule has 0 N–H and O–H groups in total. The quantitative estimate of drug-likeness (QED) is 0.317. The molecule has 2 aliphatic carbocycles. The summed E-state index contributed by atoms with van der Waals surface area (Å²) >= 11 is 0. The number of hydrogen-bond acceptors (Lipinski definition) is 7. The molecule has 0 radical (unpaired) electrons. The molecule has 40 heavy (non-hydrogen) atoms. The Morgan fingerprint density at radius 3 is 2.55 bits per heavy atom. The summed E-state index contributed by atoms with van der Waals surface area (Å²) in [6.07, 6.45) is 8.48. The van der Waals surface area contributed by atoms with Gasteiger partial charge in [-0.25, -0.2) is 4.98 Å². The molecule has 1 atom stereocenters. The van der Waals surface area contributed by atoms with E-state index in [1.807, 2.05) is 42.6 Å². The van der Waals surface area contributed by atoms with Gasteiger partial charge in [-0.1, -0.05) is 67.1 Å². The van der Waals surface area contributed by atoms with Gasteiger partial charge in [-0.15, -0.1) is 10.2 Å². The van der Waals surface area contributed by atoms with Crippen LogP contribution in [-0.4, -0.2) is 47.3 Å². The zero-order chi connectivity index (χ0) is 26.9. The van der Waals surface area contributed by atoms with Crippen LogP contribution in [0.3, 0.4) is 0 Å². The summed E-state index contributed by atoms with van der Waals surface area (Å²) in [5, 5.41) is 8.80. The Morgan fingerprint density at radius 1 is 0.950 bits per heavy atom. The monoisotopic (exact) mass is 532 g/mol. The van der Waals surface area contributed by atoms with Crippen LogP contribution in [-0.2, 0) is 22.4 Å². The molecule has 7 heteroatoms. The fourth-order valence-corrected chi connectivity index (χ4v) is 5.95. The van der Waals surface area contributed by atoms with Crippen LogP contribution in [0.2, 0.25) is 0 Å². The second-order valence-corrected chi connectivity index (χ2v) is 10.9. The van der Waals surface area contributed by atoms with E-state index in [2.05, 4.69) is 45.4 Å². The van der Waals surface area contributed by atoms with Gasteiger partial charge >= 0.3 is 0 Å². The summed E-state index contributed by atoms with van der Waals surface area (Å²) < 4.78 is 11.8. The minimum absolute atomic E-state index is 0.148. The molecule has 7 nitrogen and oxygen atoms in total. The van der Waals surface area contributed by atoms with Gasteiger partial charge in [-0.3, -0.25) is 4.79 Å². The molecular formula is C33H32N4O3. The molecule has 0 bridgehead atoms. The van der Waals surface area contributed by atoms with Crippen molar-refractivity contribution in [3.8, 4) is 11.6 Å². The summed E-state index contributed by atoms with van der Waals surface area (Å²) in [6.45, 7) is 2.97. The molecule has 2 fully saturated rings. The Balaban J connectivity index is 1.21. The molecule has 2 aromatic carbocycles. The molecule has 2 aromatic heterocycles. The number of benzene rings is 2. The summed E-state index contributed by atoms with van der Waals surface area (Å²) in [4.78, 5) is 20.6. The van der Waals surface area contributed by atoms with Crippen molar-refractivity contribution in [3.63, 3.8) is 0 Å². The van der Waals surface area contributed by atoms with E-state index >= 15 is 0 Å². The Labute approximate surface area is 233 Å². The smallest absolute Gasteiger partial charge is 0.268 e. The Kier molecular flexibility index (Phi) is 6.73. The van der Waals surface area contributed by atoms with Crippen molar-refractivity contribution in [3.05, 3.63) is 101 Å². The first-order chi connectivity index (χ1) is 19.7. The predicted molar refractivity (Wildman–Crippen MR) is 153 cm³/mol. The zero-order valence-electron chi connectivity index (χ0n) is 22.5. The van der Waals surface area contributed by atoms with Crippen molar-refractivity contribution in [2.75, 3.05) is 31.2 Å². The summed E-state index contributed by atoms with van der Waals surface area (Å²) in [7, 11) is 0. The van der Waals surface area contributed by atoms with Crippen molar-refractivity contribution in [2.24, 2.45) is 5.92 Å². The minimum atomic E-state index is -0.372. The number of rotatable bonds is 6. The van der Waals surface area contributed by atoms with Gasteiger partial charge in [0.15, 0.2) is 5.69 Å². The van der Waals surface area contributed by atoms with Crippen LogP contribution in [0.4, 0.5) is 5.69 Å². The number of Topliss-reactive ketones (excluding diaryl/α,β-unsaturated/α-hetero) is 1. The van der Waals surface area contributed by atoms with Crippen LogP contribution in [0.25, 0.3) is 17.2 Å². The number of aromatic nitrogens is 3. The third-order valence-electron chi connectivity index (χ3n) is 8.42. The average molecular weight is 533 g/mol. The van der Waals surface area contributed by atoms with Gasteiger partial charge in [0.2, 0.25) is 5.89 Å². The Morgan fingerprint density at radius 2 is 1.75 bits per heavy atom. The fraction of sp³-hybridized carbons (Fsp3) is 0.333. The molecule has 3 aliphatic rings. The van der Waals surface area contributed by atoms with Crippen LogP contribution in [0.5, 0.6) is 0 Å². The first-order valence-electron chi connectivity index (χ1n) is 14.3. The number of fused-ring (bicyclic) bond motifs is 1. The highest BCUT2D eigenvalue weighted by atomic mass is 16.5. The lowest BCUT2D eigenvalue weighted by Crippen LogP contribution is -2.36. The third kappa shape index (κ3) is 4.86. The largest absolute Gasteiger partial charge is 0.419 e. The molecule has 202 valence electrons. The number of nitrogens with zero attached hydrogens (tertiary/aromatic N) is 4. The summed E-state index contributed by atoms with van der Waals surface area (Å²) in [5.41, 5.74) is 7.29. The van der Waals surface area contributed by atoms with E-state index in [1.54, 1.807) is 0 Å². The Bertz CT molecular complexity index is 1550. The lowest BCUT2D eigenvalue weighted by molar-refractivity contribution is -0.120. The SMILES string of the molecule is O=C1Cc2ccccc2C(c2ccccc2)=C[C@@H]1Cc1nnc(-c2ncc(C3CCC3)cc2N2CCOCC2)o1. The number of ketones is 1. The fourth-order valence-electron chi connectivity index (χ4n) is 5.95. The maximum atomic E-state index is 13.5.